The minimum absolute atomic E-state index is 0.716. The molecule has 0 amide bonds. The lowest BCUT2D eigenvalue weighted by Gasteiger charge is -2.01. The minimum atomic E-state index is 0.716. The fraction of sp³-hybridized carbons (Fsp3) is 0.273. The van der Waals surface area contributed by atoms with Crippen LogP contribution in [-0.2, 0) is 0 Å². The molecule has 0 heterocycles. The summed E-state index contributed by atoms with van der Waals surface area (Å²) in [5, 5.41) is 0. The lowest BCUT2D eigenvalue weighted by molar-refractivity contribution is 1.01. The third kappa shape index (κ3) is 3.33. The van der Waals surface area contributed by atoms with Crippen LogP contribution in [0, 0.1) is 0 Å². The van der Waals surface area contributed by atoms with Crippen molar-refractivity contribution in [3.63, 3.8) is 0 Å². The molecule has 0 saturated carbocycles. The van der Waals surface area contributed by atoms with Crippen LogP contribution < -0.4 is 5.73 Å². The number of halogens is 1. The zero-order valence-corrected chi connectivity index (χ0v) is 9.34. The van der Waals surface area contributed by atoms with Crippen molar-refractivity contribution in [2.45, 2.75) is 13.3 Å². The Morgan fingerprint density at radius 2 is 2.00 bits per heavy atom. The van der Waals surface area contributed by atoms with Gasteiger partial charge in [0.2, 0.25) is 0 Å². The van der Waals surface area contributed by atoms with E-state index in [-0.39, 0.29) is 0 Å². The second-order valence-electron chi connectivity index (χ2n) is 2.97. The summed E-state index contributed by atoms with van der Waals surface area (Å²) in [5.74, 6) is 0. The van der Waals surface area contributed by atoms with E-state index < -0.39 is 0 Å². The van der Waals surface area contributed by atoms with Crippen LogP contribution in [0.4, 0.5) is 0 Å². The van der Waals surface area contributed by atoms with E-state index in [1.165, 1.54) is 11.1 Å². The van der Waals surface area contributed by atoms with Gasteiger partial charge in [-0.2, -0.15) is 0 Å². The average Bonchev–Trinajstić information content (AvgIpc) is 2.15. The predicted octanol–water partition coefficient (Wildman–Crippen LogP) is 3.20. The summed E-state index contributed by atoms with van der Waals surface area (Å²) < 4.78 is 1.11. The highest BCUT2D eigenvalue weighted by molar-refractivity contribution is 9.10. The molecule has 0 unspecified atom stereocenters. The molecular weight excluding hydrogens is 226 g/mol. The van der Waals surface area contributed by atoms with Gasteiger partial charge in [-0.15, -0.1) is 0 Å². The van der Waals surface area contributed by atoms with E-state index in [1.54, 1.807) is 0 Å². The molecule has 0 aromatic heterocycles. The summed E-state index contributed by atoms with van der Waals surface area (Å²) in [4.78, 5) is 0. The molecule has 0 fully saturated rings. The molecule has 1 nitrogen and oxygen atoms in total. The van der Waals surface area contributed by atoms with Crippen molar-refractivity contribution in [3.05, 3.63) is 40.4 Å². The Hall–Kier alpha value is -0.600. The number of rotatable bonds is 3. The smallest absolute Gasteiger partial charge is 0.0175 e. The summed E-state index contributed by atoms with van der Waals surface area (Å²) in [5.41, 5.74) is 7.98. The highest BCUT2D eigenvalue weighted by atomic mass is 79.9. The Balaban J connectivity index is 2.77. The first kappa shape index (κ1) is 10.5. The van der Waals surface area contributed by atoms with Crippen molar-refractivity contribution < 1.29 is 0 Å². The molecule has 0 bridgehead atoms. The predicted molar refractivity (Wildman–Crippen MR) is 61.5 cm³/mol. The monoisotopic (exact) mass is 239 g/mol. The van der Waals surface area contributed by atoms with E-state index in [0.717, 1.165) is 10.9 Å². The Bertz CT molecular complexity index is 287. The largest absolute Gasteiger partial charge is 0.330 e. The fourth-order valence-corrected chi connectivity index (χ4v) is 1.39. The van der Waals surface area contributed by atoms with E-state index in [1.807, 2.05) is 0 Å². The maximum Gasteiger partial charge on any atom is 0.0175 e. The lowest BCUT2D eigenvalue weighted by Crippen LogP contribution is -1.95. The number of allylic oxidation sites excluding steroid dienone is 1. The van der Waals surface area contributed by atoms with Gasteiger partial charge in [0.05, 0.1) is 0 Å². The summed E-state index contributed by atoms with van der Waals surface area (Å²) >= 11 is 3.41. The minimum Gasteiger partial charge on any atom is -0.330 e. The first-order chi connectivity index (χ1) is 6.24. The second kappa shape index (κ2) is 5.20. The quantitative estimate of drug-likeness (QED) is 0.862. The van der Waals surface area contributed by atoms with E-state index in [0.29, 0.717) is 6.54 Å². The first-order valence-corrected chi connectivity index (χ1v) is 5.16. The zero-order valence-electron chi connectivity index (χ0n) is 7.76. The van der Waals surface area contributed by atoms with Crippen LogP contribution in [0.2, 0.25) is 0 Å². The molecular formula is C11H14BrN. The van der Waals surface area contributed by atoms with E-state index in [9.17, 15) is 0 Å². The molecule has 2 heteroatoms. The van der Waals surface area contributed by atoms with Gasteiger partial charge in [0.25, 0.3) is 0 Å². The van der Waals surface area contributed by atoms with Gasteiger partial charge >= 0.3 is 0 Å². The van der Waals surface area contributed by atoms with Crippen molar-refractivity contribution in [3.8, 4) is 0 Å². The van der Waals surface area contributed by atoms with Gasteiger partial charge in [-0.25, -0.2) is 0 Å². The first-order valence-electron chi connectivity index (χ1n) is 4.37. The van der Waals surface area contributed by atoms with E-state index in [4.69, 9.17) is 5.73 Å². The van der Waals surface area contributed by atoms with E-state index >= 15 is 0 Å². The van der Waals surface area contributed by atoms with Crippen LogP contribution in [0.5, 0.6) is 0 Å². The second-order valence-corrected chi connectivity index (χ2v) is 3.89. The van der Waals surface area contributed by atoms with Gasteiger partial charge in [-0.3, -0.25) is 0 Å². The molecule has 0 aliphatic rings. The molecule has 0 spiro atoms. The third-order valence-electron chi connectivity index (χ3n) is 1.92. The van der Waals surface area contributed by atoms with Gasteiger partial charge in [0, 0.05) is 4.47 Å². The van der Waals surface area contributed by atoms with Crippen molar-refractivity contribution >= 4 is 21.5 Å². The van der Waals surface area contributed by atoms with Crippen LogP contribution in [0.15, 0.2) is 34.8 Å². The number of hydrogen-bond acceptors (Lipinski definition) is 1. The Morgan fingerprint density at radius 3 is 2.54 bits per heavy atom. The van der Waals surface area contributed by atoms with Gasteiger partial charge in [-0.05, 0) is 43.2 Å². The van der Waals surface area contributed by atoms with Crippen LogP contribution in [0.25, 0.3) is 5.57 Å². The molecule has 0 aliphatic heterocycles. The average molecular weight is 240 g/mol. The number of hydrogen-bond donors (Lipinski definition) is 1. The molecule has 0 radical (unpaired) electrons. The van der Waals surface area contributed by atoms with Crippen molar-refractivity contribution in [2.75, 3.05) is 6.54 Å². The molecule has 1 rings (SSSR count). The third-order valence-corrected chi connectivity index (χ3v) is 2.45. The number of nitrogens with two attached hydrogens (primary N) is 1. The summed E-state index contributed by atoms with van der Waals surface area (Å²) in [6.07, 6.45) is 3.12. The number of benzene rings is 1. The highest BCUT2D eigenvalue weighted by Gasteiger charge is 1.93. The Kier molecular flexibility index (Phi) is 4.19. The zero-order chi connectivity index (χ0) is 9.68. The van der Waals surface area contributed by atoms with Gasteiger partial charge in [0.15, 0.2) is 0 Å². The van der Waals surface area contributed by atoms with Gasteiger partial charge in [-0.1, -0.05) is 34.1 Å². The van der Waals surface area contributed by atoms with Gasteiger partial charge in [0.1, 0.15) is 0 Å². The standard InChI is InChI=1S/C11H14BrN/c1-9(3-2-8-13)10-4-6-11(12)7-5-10/h3-7H,2,8,13H2,1H3/b9-3+. The van der Waals surface area contributed by atoms with Crippen molar-refractivity contribution in [1.82, 2.24) is 0 Å². The lowest BCUT2D eigenvalue weighted by atomic mass is 10.1. The maximum absolute atomic E-state index is 5.43. The topological polar surface area (TPSA) is 26.0 Å². The summed E-state index contributed by atoms with van der Waals surface area (Å²) in [6, 6.07) is 8.31. The molecule has 0 aliphatic carbocycles. The normalized spacial score (nSPS) is 11.8. The van der Waals surface area contributed by atoms with Crippen LogP contribution in [0.3, 0.4) is 0 Å². The Labute approximate surface area is 87.8 Å². The molecule has 1 aromatic rings. The fourth-order valence-electron chi connectivity index (χ4n) is 1.13. The SMILES string of the molecule is C/C(=C\CCN)c1ccc(Br)cc1. The van der Waals surface area contributed by atoms with Gasteiger partial charge < -0.3 is 5.73 Å². The highest BCUT2D eigenvalue weighted by Crippen LogP contribution is 2.17. The van der Waals surface area contributed by atoms with E-state index in [2.05, 4.69) is 53.2 Å². The molecule has 1 aromatic carbocycles. The summed E-state index contributed by atoms with van der Waals surface area (Å²) in [7, 11) is 0. The van der Waals surface area contributed by atoms with Crippen molar-refractivity contribution in [1.29, 1.82) is 0 Å². The summed E-state index contributed by atoms with van der Waals surface area (Å²) in [6.45, 7) is 2.83. The van der Waals surface area contributed by atoms with Crippen LogP contribution >= 0.6 is 15.9 Å². The molecule has 0 atom stereocenters. The molecule has 0 saturated heterocycles. The molecule has 2 N–H and O–H groups in total. The Morgan fingerprint density at radius 1 is 1.38 bits per heavy atom. The van der Waals surface area contributed by atoms with Crippen molar-refractivity contribution in [2.24, 2.45) is 5.73 Å². The van der Waals surface area contributed by atoms with Crippen LogP contribution in [-0.4, -0.2) is 6.54 Å². The molecule has 13 heavy (non-hydrogen) atoms. The van der Waals surface area contributed by atoms with Crippen LogP contribution in [0.1, 0.15) is 18.9 Å². The molecule has 70 valence electrons. The maximum atomic E-state index is 5.43.